The van der Waals surface area contributed by atoms with Crippen molar-refractivity contribution < 1.29 is 4.74 Å². The fourth-order valence-corrected chi connectivity index (χ4v) is 3.15. The van der Waals surface area contributed by atoms with Crippen LogP contribution in [0.4, 0.5) is 0 Å². The molecule has 0 aliphatic carbocycles. The third-order valence-electron chi connectivity index (χ3n) is 4.46. The average molecular weight is 336 g/mol. The molecule has 0 atom stereocenters. The summed E-state index contributed by atoms with van der Waals surface area (Å²) in [5.41, 5.74) is 2.96. The zero-order valence-electron chi connectivity index (χ0n) is 14.0. The summed E-state index contributed by atoms with van der Waals surface area (Å²) >= 11 is 0. The Morgan fingerprint density at radius 3 is 2.35 bits per heavy atom. The zero-order chi connectivity index (χ0) is 17.3. The molecule has 5 aromatic rings. The van der Waals surface area contributed by atoms with E-state index in [4.69, 9.17) is 9.72 Å². The van der Waals surface area contributed by atoms with E-state index in [1.54, 1.807) is 0 Å². The number of rotatable bonds is 3. The van der Waals surface area contributed by atoms with Crippen molar-refractivity contribution in [1.29, 1.82) is 0 Å². The molecule has 1 N–H and O–H groups in total. The van der Waals surface area contributed by atoms with Gasteiger partial charge in [-0.2, -0.15) is 0 Å². The van der Waals surface area contributed by atoms with Gasteiger partial charge in [0, 0.05) is 11.6 Å². The highest BCUT2D eigenvalue weighted by atomic mass is 16.5. The van der Waals surface area contributed by atoms with Crippen molar-refractivity contribution in [3.8, 4) is 22.9 Å². The molecule has 0 bridgehead atoms. The molecule has 0 saturated carbocycles. The number of fused-ring (bicyclic) bond motifs is 2. The van der Waals surface area contributed by atoms with Gasteiger partial charge in [-0.15, -0.1) is 0 Å². The van der Waals surface area contributed by atoms with Crippen molar-refractivity contribution in [2.75, 3.05) is 0 Å². The molecule has 0 fully saturated rings. The number of H-pyrrole nitrogens is 1. The summed E-state index contributed by atoms with van der Waals surface area (Å²) in [7, 11) is 0. The van der Waals surface area contributed by atoms with Gasteiger partial charge in [0.2, 0.25) is 0 Å². The van der Waals surface area contributed by atoms with Gasteiger partial charge in [-0.25, -0.2) is 4.98 Å². The van der Waals surface area contributed by atoms with E-state index < -0.39 is 0 Å². The van der Waals surface area contributed by atoms with E-state index in [0.717, 1.165) is 33.9 Å². The first-order valence-corrected chi connectivity index (χ1v) is 8.57. The Labute approximate surface area is 150 Å². The number of hydrogen-bond acceptors (Lipinski definition) is 2. The monoisotopic (exact) mass is 336 g/mol. The molecule has 0 unspecified atom stereocenters. The van der Waals surface area contributed by atoms with Crippen LogP contribution in [0.3, 0.4) is 0 Å². The van der Waals surface area contributed by atoms with Crippen molar-refractivity contribution in [2.45, 2.75) is 0 Å². The molecule has 0 saturated heterocycles. The third kappa shape index (κ3) is 2.70. The minimum atomic E-state index is 0.789. The fraction of sp³-hybridized carbons (Fsp3) is 0. The number of ether oxygens (including phenoxy) is 1. The Hall–Kier alpha value is -3.59. The number of nitrogens with one attached hydrogen (secondary N) is 1. The van der Waals surface area contributed by atoms with Gasteiger partial charge in [0.05, 0.1) is 11.0 Å². The smallest absolute Gasteiger partial charge is 0.138 e. The number of para-hydroxylation sites is 1. The Balaban J connectivity index is 1.52. The highest BCUT2D eigenvalue weighted by Gasteiger charge is 2.08. The number of aromatic nitrogens is 2. The van der Waals surface area contributed by atoms with Gasteiger partial charge >= 0.3 is 0 Å². The first kappa shape index (κ1) is 14.7. The summed E-state index contributed by atoms with van der Waals surface area (Å²) in [4.78, 5) is 8.14. The van der Waals surface area contributed by atoms with Crippen molar-refractivity contribution >= 4 is 21.8 Å². The lowest BCUT2D eigenvalue weighted by atomic mass is 10.1. The maximum absolute atomic E-state index is 5.91. The van der Waals surface area contributed by atoms with E-state index in [1.807, 2.05) is 48.5 Å². The molecule has 1 aromatic heterocycles. The summed E-state index contributed by atoms with van der Waals surface area (Å²) in [6, 6.07) is 30.4. The van der Waals surface area contributed by atoms with Gasteiger partial charge in [0.15, 0.2) is 0 Å². The number of hydrogen-bond donors (Lipinski definition) is 1. The Morgan fingerprint density at radius 2 is 1.46 bits per heavy atom. The molecule has 0 spiro atoms. The Bertz CT molecular complexity index is 1210. The van der Waals surface area contributed by atoms with E-state index in [9.17, 15) is 0 Å². The predicted molar refractivity (Wildman–Crippen MR) is 106 cm³/mol. The van der Waals surface area contributed by atoms with Gasteiger partial charge in [-0.05, 0) is 41.1 Å². The van der Waals surface area contributed by atoms with Crippen LogP contribution in [0.15, 0.2) is 91.0 Å². The highest BCUT2D eigenvalue weighted by Crippen LogP contribution is 2.28. The Morgan fingerprint density at radius 1 is 0.654 bits per heavy atom. The van der Waals surface area contributed by atoms with E-state index in [2.05, 4.69) is 47.4 Å². The van der Waals surface area contributed by atoms with Crippen LogP contribution in [0, 0.1) is 0 Å². The van der Waals surface area contributed by atoms with Crippen LogP contribution in [0.25, 0.3) is 33.2 Å². The molecular formula is C23H16N2O. The molecule has 0 aliphatic rings. The van der Waals surface area contributed by atoms with E-state index in [0.29, 0.717) is 0 Å². The summed E-state index contributed by atoms with van der Waals surface area (Å²) in [6.45, 7) is 0. The summed E-state index contributed by atoms with van der Waals surface area (Å²) in [6.07, 6.45) is 0. The van der Waals surface area contributed by atoms with Crippen LogP contribution in [0.5, 0.6) is 11.5 Å². The SMILES string of the molecule is c1ccc(Oc2ccc3nc(-c4ccc5ccccc5c4)[nH]c3c2)cc1. The summed E-state index contributed by atoms with van der Waals surface area (Å²) in [5.74, 6) is 2.47. The van der Waals surface area contributed by atoms with Crippen molar-refractivity contribution in [3.63, 3.8) is 0 Å². The van der Waals surface area contributed by atoms with Gasteiger partial charge < -0.3 is 9.72 Å². The van der Waals surface area contributed by atoms with Crippen LogP contribution in [-0.2, 0) is 0 Å². The van der Waals surface area contributed by atoms with Gasteiger partial charge in [0.25, 0.3) is 0 Å². The second-order valence-electron chi connectivity index (χ2n) is 6.24. The van der Waals surface area contributed by atoms with Gasteiger partial charge in [0.1, 0.15) is 17.3 Å². The zero-order valence-corrected chi connectivity index (χ0v) is 14.0. The van der Waals surface area contributed by atoms with E-state index in [1.165, 1.54) is 10.8 Å². The maximum Gasteiger partial charge on any atom is 0.138 e. The Kier molecular flexibility index (Phi) is 3.42. The van der Waals surface area contributed by atoms with Crippen LogP contribution in [0.2, 0.25) is 0 Å². The fourth-order valence-electron chi connectivity index (χ4n) is 3.15. The topological polar surface area (TPSA) is 37.9 Å². The lowest BCUT2D eigenvalue weighted by molar-refractivity contribution is 0.483. The number of imidazole rings is 1. The molecule has 0 radical (unpaired) electrons. The average Bonchev–Trinajstić information content (AvgIpc) is 3.12. The standard InChI is InChI=1S/C23H16N2O/c1-2-8-19(9-3-1)26-20-12-13-21-22(15-20)25-23(24-21)18-11-10-16-6-4-5-7-17(16)14-18/h1-15H,(H,24,25). The van der Waals surface area contributed by atoms with Gasteiger partial charge in [-0.1, -0.05) is 54.6 Å². The summed E-state index contributed by atoms with van der Waals surface area (Å²) < 4.78 is 5.91. The molecule has 4 aromatic carbocycles. The predicted octanol–water partition coefficient (Wildman–Crippen LogP) is 6.18. The van der Waals surface area contributed by atoms with Crippen LogP contribution >= 0.6 is 0 Å². The molecule has 124 valence electrons. The van der Waals surface area contributed by atoms with Crippen molar-refractivity contribution in [1.82, 2.24) is 9.97 Å². The molecule has 3 nitrogen and oxygen atoms in total. The second kappa shape index (κ2) is 6.05. The first-order valence-electron chi connectivity index (χ1n) is 8.57. The lowest BCUT2D eigenvalue weighted by Crippen LogP contribution is -1.83. The van der Waals surface area contributed by atoms with Crippen molar-refractivity contribution in [3.05, 3.63) is 91.0 Å². The van der Waals surface area contributed by atoms with E-state index >= 15 is 0 Å². The van der Waals surface area contributed by atoms with E-state index in [-0.39, 0.29) is 0 Å². The molecule has 3 heteroatoms. The number of nitrogens with zero attached hydrogens (tertiary/aromatic N) is 1. The third-order valence-corrected chi connectivity index (χ3v) is 4.46. The maximum atomic E-state index is 5.91. The van der Waals surface area contributed by atoms with Crippen LogP contribution in [-0.4, -0.2) is 9.97 Å². The molecule has 1 heterocycles. The van der Waals surface area contributed by atoms with Crippen LogP contribution in [0.1, 0.15) is 0 Å². The molecule has 5 rings (SSSR count). The normalized spacial score (nSPS) is 11.1. The lowest BCUT2D eigenvalue weighted by Gasteiger charge is -2.04. The molecule has 0 amide bonds. The molecule has 26 heavy (non-hydrogen) atoms. The number of aromatic amines is 1. The minimum absolute atomic E-state index is 0.789. The summed E-state index contributed by atoms with van der Waals surface area (Å²) in [5, 5.41) is 2.43. The quantitative estimate of drug-likeness (QED) is 0.427. The molecule has 0 aliphatic heterocycles. The molecular weight excluding hydrogens is 320 g/mol. The van der Waals surface area contributed by atoms with Crippen LogP contribution < -0.4 is 4.74 Å². The second-order valence-corrected chi connectivity index (χ2v) is 6.24. The first-order chi connectivity index (χ1) is 12.8. The van der Waals surface area contributed by atoms with Gasteiger partial charge in [-0.3, -0.25) is 0 Å². The largest absolute Gasteiger partial charge is 0.457 e. The van der Waals surface area contributed by atoms with Crippen molar-refractivity contribution in [2.24, 2.45) is 0 Å². The highest BCUT2D eigenvalue weighted by molar-refractivity contribution is 5.88. The number of benzene rings is 4. The minimum Gasteiger partial charge on any atom is -0.457 e.